The van der Waals surface area contributed by atoms with Crippen LogP contribution in [0.5, 0.6) is 11.5 Å². The van der Waals surface area contributed by atoms with Gasteiger partial charge in [0.15, 0.2) is 5.78 Å². The van der Waals surface area contributed by atoms with E-state index in [1.165, 1.54) is 0 Å². The number of rotatable bonds is 4. The van der Waals surface area contributed by atoms with Crippen LogP contribution in [-0.2, 0) is 4.79 Å². The van der Waals surface area contributed by atoms with Crippen molar-refractivity contribution < 1.29 is 14.3 Å². The first-order valence-corrected chi connectivity index (χ1v) is 7.93. The quantitative estimate of drug-likeness (QED) is 0.776. The molecule has 1 fully saturated rings. The van der Waals surface area contributed by atoms with Gasteiger partial charge in [0.2, 0.25) is 0 Å². The van der Waals surface area contributed by atoms with E-state index in [9.17, 15) is 4.79 Å². The summed E-state index contributed by atoms with van der Waals surface area (Å²) in [6.45, 7) is 0. The zero-order valence-corrected chi connectivity index (χ0v) is 13.9. The fourth-order valence-corrected chi connectivity index (χ4v) is 2.84. The summed E-state index contributed by atoms with van der Waals surface area (Å²) in [7, 11) is 3.24. The Morgan fingerprint density at radius 3 is 1.88 bits per heavy atom. The molecule has 3 nitrogen and oxygen atoms in total. The van der Waals surface area contributed by atoms with Crippen LogP contribution in [0.4, 0.5) is 0 Å². The molecule has 1 aliphatic rings. The minimum absolute atomic E-state index is 0.126. The molecule has 0 amide bonds. The van der Waals surface area contributed by atoms with Crippen molar-refractivity contribution in [3.63, 3.8) is 0 Å². The molecule has 0 heterocycles. The first kappa shape index (κ1) is 16.1. The van der Waals surface area contributed by atoms with Crippen molar-refractivity contribution in [1.29, 1.82) is 0 Å². The van der Waals surface area contributed by atoms with E-state index in [-0.39, 0.29) is 5.78 Å². The van der Waals surface area contributed by atoms with Gasteiger partial charge in [-0.1, -0.05) is 30.3 Å². The summed E-state index contributed by atoms with van der Waals surface area (Å²) in [5.41, 5.74) is 3.66. The molecule has 1 saturated carbocycles. The number of ether oxygens (including phenoxy) is 2. The molecular weight excluding hydrogens is 300 g/mol. The molecule has 2 aromatic rings. The second-order valence-corrected chi connectivity index (χ2v) is 5.72. The molecule has 0 saturated heterocycles. The molecule has 0 bridgehead atoms. The Balaban J connectivity index is 1.87. The molecule has 0 radical (unpaired) electrons. The molecule has 0 atom stereocenters. The normalized spacial score (nSPS) is 17.5. The fraction of sp³-hybridized carbons (Fsp3) is 0.190. The van der Waals surface area contributed by atoms with E-state index < -0.39 is 0 Å². The van der Waals surface area contributed by atoms with Crippen LogP contribution in [0.3, 0.4) is 0 Å². The third-order valence-electron chi connectivity index (χ3n) is 4.10. The van der Waals surface area contributed by atoms with E-state index in [0.717, 1.165) is 35.1 Å². The first-order chi connectivity index (χ1) is 11.7. The number of benzene rings is 2. The monoisotopic (exact) mass is 320 g/mol. The Labute approximate surface area is 142 Å². The lowest BCUT2D eigenvalue weighted by Crippen LogP contribution is -1.96. The largest absolute Gasteiger partial charge is 0.497 e. The minimum Gasteiger partial charge on any atom is -0.497 e. The number of Topliss-reactive ketones (excluding diaryl/α,β-unsaturated/α-hetero) is 1. The molecule has 0 spiro atoms. The zero-order valence-electron chi connectivity index (χ0n) is 13.9. The van der Waals surface area contributed by atoms with Gasteiger partial charge in [0, 0.05) is 17.2 Å². The number of ketones is 1. The molecule has 24 heavy (non-hydrogen) atoms. The average molecular weight is 320 g/mol. The van der Waals surface area contributed by atoms with Gasteiger partial charge >= 0.3 is 0 Å². The highest BCUT2D eigenvalue weighted by Gasteiger charge is 2.23. The highest BCUT2D eigenvalue weighted by Crippen LogP contribution is 2.31. The lowest BCUT2D eigenvalue weighted by Gasteiger charge is -2.06. The standard InChI is InChI=1S/C21H20O3/c1-23-19-12-16(13-20(14-19)24-2)11-18-9-8-17(21(18)22)10-15-6-4-3-5-7-15/h3-7,10-14H,8-9H2,1-2H3/b17-10+,18-11+. The predicted molar refractivity (Wildman–Crippen MR) is 96.2 cm³/mol. The Morgan fingerprint density at radius 1 is 0.792 bits per heavy atom. The Hall–Kier alpha value is -2.81. The van der Waals surface area contributed by atoms with Crippen LogP contribution in [0.25, 0.3) is 12.2 Å². The second kappa shape index (κ2) is 7.18. The van der Waals surface area contributed by atoms with Gasteiger partial charge in [0.25, 0.3) is 0 Å². The summed E-state index contributed by atoms with van der Waals surface area (Å²) in [6.07, 6.45) is 5.45. The summed E-state index contributed by atoms with van der Waals surface area (Å²) < 4.78 is 10.6. The van der Waals surface area contributed by atoms with Crippen molar-refractivity contribution in [3.8, 4) is 11.5 Å². The van der Waals surface area contributed by atoms with Gasteiger partial charge in [-0.05, 0) is 48.3 Å². The van der Waals surface area contributed by atoms with Crippen LogP contribution in [0, 0.1) is 0 Å². The van der Waals surface area contributed by atoms with E-state index in [1.807, 2.05) is 60.7 Å². The molecule has 3 heteroatoms. The molecule has 122 valence electrons. The molecule has 0 N–H and O–H groups in total. The SMILES string of the molecule is COc1cc(/C=C2\CC/C(=C\c3ccccc3)C2=O)cc(OC)c1. The predicted octanol–water partition coefficient (Wildman–Crippen LogP) is 4.53. The summed E-state index contributed by atoms with van der Waals surface area (Å²) in [5.74, 6) is 1.55. The molecule has 3 rings (SSSR count). The van der Waals surface area contributed by atoms with Crippen LogP contribution >= 0.6 is 0 Å². The van der Waals surface area contributed by atoms with E-state index in [4.69, 9.17) is 9.47 Å². The van der Waals surface area contributed by atoms with Crippen LogP contribution in [-0.4, -0.2) is 20.0 Å². The molecule has 1 aliphatic carbocycles. The van der Waals surface area contributed by atoms with Gasteiger partial charge in [0.05, 0.1) is 14.2 Å². The summed E-state index contributed by atoms with van der Waals surface area (Å²) in [6, 6.07) is 15.6. The van der Waals surface area contributed by atoms with Gasteiger partial charge in [0.1, 0.15) is 11.5 Å². The number of carbonyl (C=O) groups excluding carboxylic acids is 1. The van der Waals surface area contributed by atoms with Crippen molar-refractivity contribution in [2.24, 2.45) is 0 Å². The van der Waals surface area contributed by atoms with Crippen molar-refractivity contribution in [2.75, 3.05) is 14.2 Å². The fourth-order valence-electron chi connectivity index (χ4n) is 2.84. The Bertz CT molecular complexity index is 779. The molecule has 0 unspecified atom stereocenters. The third kappa shape index (κ3) is 3.57. The van der Waals surface area contributed by atoms with Crippen molar-refractivity contribution in [3.05, 3.63) is 70.8 Å². The second-order valence-electron chi connectivity index (χ2n) is 5.72. The Morgan fingerprint density at radius 2 is 1.33 bits per heavy atom. The number of hydrogen-bond acceptors (Lipinski definition) is 3. The van der Waals surface area contributed by atoms with Crippen LogP contribution in [0.1, 0.15) is 24.0 Å². The minimum atomic E-state index is 0.126. The number of carbonyl (C=O) groups is 1. The van der Waals surface area contributed by atoms with E-state index in [2.05, 4.69) is 0 Å². The molecular formula is C21H20O3. The van der Waals surface area contributed by atoms with Crippen molar-refractivity contribution in [1.82, 2.24) is 0 Å². The third-order valence-corrected chi connectivity index (χ3v) is 4.10. The summed E-state index contributed by atoms with van der Waals surface area (Å²) in [5, 5.41) is 0. The first-order valence-electron chi connectivity index (χ1n) is 7.93. The average Bonchev–Trinajstić information content (AvgIpc) is 2.95. The van der Waals surface area contributed by atoms with Gasteiger partial charge in [-0.15, -0.1) is 0 Å². The van der Waals surface area contributed by atoms with E-state index >= 15 is 0 Å². The maximum absolute atomic E-state index is 12.6. The number of hydrogen-bond donors (Lipinski definition) is 0. The van der Waals surface area contributed by atoms with Gasteiger partial charge in [-0.25, -0.2) is 0 Å². The van der Waals surface area contributed by atoms with E-state index in [0.29, 0.717) is 11.5 Å². The molecule has 0 aromatic heterocycles. The Kier molecular flexibility index (Phi) is 4.80. The molecule has 2 aromatic carbocycles. The van der Waals surface area contributed by atoms with Crippen LogP contribution in [0.15, 0.2) is 59.7 Å². The summed E-state index contributed by atoms with van der Waals surface area (Å²) >= 11 is 0. The highest BCUT2D eigenvalue weighted by atomic mass is 16.5. The van der Waals surface area contributed by atoms with E-state index in [1.54, 1.807) is 14.2 Å². The van der Waals surface area contributed by atoms with Gasteiger partial charge in [-0.2, -0.15) is 0 Å². The van der Waals surface area contributed by atoms with Crippen molar-refractivity contribution >= 4 is 17.9 Å². The maximum Gasteiger partial charge on any atom is 0.185 e. The lowest BCUT2D eigenvalue weighted by atomic mass is 10.1. The zero-order chi connectivity index (χ0) is 16.9. The van der Waals surface area contributed by atoms with Gasteiger partial charge in [-0.3, -0.25) is 4.79 Å². The molecule has 0 aliphatic heterocycles. The van der Waals surface area contributed by atoms with Crippen LogP contribution < -0.4 is 9.47 Å². The lowest BCUT2D eigenvalue weighted by molar-refractivity contribution is -0.111. The topological polar surface area (TPSA) is 35.5 Å². The van der Waals surface area contributed by atoms with Crippen molar-refractivity contribution in [2.45, 2.75) is 12.8 Å². The maximum atomic E-state index is 12.6. The smallest absolute Gasteiger partial charge is 0.185 e. The highest BCUT2D eigenvalue weighted by molar-refractivity contribution is 6.15. The van der Waals surface area contributed by atoms with Crippen LogP contribution in [0.2, 0.25) is 0 Å². The summed E-state index contributed by atoms with van der Waals surface area (Å²) in [4.78, 5) is 12.6. The van der Waals surface area contributed by atoms with Gasteiger partial charge < -0.3 is 9.47 Å². The number of allylic oxidation sites excluding steroid dienone is 2. The number of methoxy groups -OCH3 is 2.